The summed E-state index contributed by atoms with van der Waals surface area (Å²) in [7, 11) is 0.752. The Kier molecular flexibility index (Phi) is 7.51. The molecule has 1 aliphatic rings. The van der Waals surface area contributed by atoms with Crippen molar-refractivity contribution in [1.29, 1.82) is 0 Å². The summed E-state index contributed by atoms with van der Waals surface area (Å²) >= 11 is 0. The minimum Gasteiger partial charge on any atom is -0.353 e. The van der Waals surface area contributed by atoms with E-state index in [9.17, 15) is 13.2 Å². The number of nitrogens with zero attached hydrogens (tertiary/aromatic N) is 2. The zero-order chi connectivity index (χ0) is 22.5. The maximum Gasteiger partial charge on any atom is 0.230 e. The molecule has 168 valence electrons. The van der Waals surface area contributed by atoms with E-state index in [-0.39, 0.29) is 17.7 Å². The highest BCUT2D eigenvalue weighted by Gasteiger charge is 2.44. The van der Waals surface area contributed by atoms with E-state index in [2.05, 4.69) is 22.3 Å². The number of sulfonamides is 1. The van der Waals surface area contributed by atoms with Gasteiger partial charge in [-0.05, 0) is 45.0 Å². The minimum atomic E-state index is -3.26. The number of benzene rings is 2. The van der Waals surface area contributed by atoms with E-state index in [0.29, 0.717) is 32.5 Å². The quantitative estimate of drug-likeness (QED) is 0.681. The maximum atomic E-state index is 13.6. The molecule has 1 unspecified atom stereocenters. The van der Waals surface area contributed by atoms with Gasteiger partial charge in [-0.15, -0.1) is 0 Å². The summed E-state index contributed by atoms with van der Waals surface area (Å²) in [5, 5.41) is 3.19. The van der Waals surface area contributed by atoms with Gasteiger partial charge < -0.3 is 10.2 Å². The van der Waals surface area contributed by atoms with Gasteiger partial charge in [0.05, 0.1) is 17.2 Å². The molecule has 0 aromatic heterocycles. The molecule has 1 saturated heterocycles. The molecule has 1 amide bonds. The lowest BCUT2D eigenvalue weighted by molar-refractivity contribution is -0.128. The van der Waals surface area contributed by atoms with Crippen molar-refractivity contribution in [3.8, 4) is 0 Å². The smallest absolute Gasteiger partial charge is 0.230 e. The normalized spacial score (nSPS) is 17.9. The second-order valence-corrected chi connectivity index (χ2v) is 10.6. The van der Waals surface area contributed by atoms with Gasteiger partial charge in [-0.1, -0.05) is 60.7 Å². The largest absolute Gasteiger partial charge is 0.353 e. The monoisotopic (exact) mass is 443 g/mol. The summed E-state index contributed by atoms with van der Waals surface area (Å²) in [6, 6.07) is 19.9. The van der Waals surface area contributed by atoms with Crippen LogP contribution in [-0.2, 0) is 20.2 Å². The standard InChI is InChI=1S/C24H33N3O3S/c1-4-31(29,30)27-17-15-24(16-18-27,21-13-9-6-10-14-21)23(28)25-19-22(26(2)3)20-11-7-5-8-12-20/h5-14,22H,4,15-19H2,1-3H3,(H,25,28). The Labute approximate surface area is 186 Å². The van der Waals surface area contributed by atoms with Crippen LogP contribution in [0.3, 0.4) is 0 Å². The Hall–Kier alpha value is -2.22. The second-order valence-electron chi connectivity index (χ2n) is 8.35. The first-order chi connectivity index (χ1) is 14.8. The number of nitrogens with one attached hydrogen (secondary N) is 1. The summed E-state index contributed by atoms with van der Waals surface area (Å²) in [4.78, 5) is 15.7. The van der Waals surface area contributed by atoms with Crippen LogP contribution in [0.5, 0.6) is 0 Å². The van der Waals surface area contributed by atoms with Crippen LogP contribution in [0, 0.1) is 0 Å². The number of rotatable bonds is 8. The van der Waals surface area contributed by atoms with E-state index in [1.165, 1.54) is 4.31 Å². The first-order valence-electron chi connectivity index (χ1n) is 10.8. The molecular weight excluding hydrogens is 410 g/mol. The zero-order valence-corrected chi connectivity index (χ0v) is 19.4. The first-order valence-corrected chi connectivity index (χ1v) is 12.4. The number of piperidine rings is 1. The van der Waals surface area contributed by atoms with E-state index in [1.54, 1.807) is 6.92 Å². The van der Waals surface area contributed by atoms with Crippen LogP contribution in [0.25, 0.3) is 0 Å². The number of amides is 1. The number of likely N-dealkylation sites (N-methyl/N-ethyl adjacent to an activating group) is 1. The molecule has 2 aromatic carbocycles. The van der Waals surface area contributed by atoms with Crippen molar-refractivity contribution in [3.05, 3.63) is 71.8 Å². The van der Waals surface area contributed by atoms with Gasteiger partial charge in [0.25, 0.3) is 0 Å². The van der Waals surface area contributed by atoms with Crippen LogP contribution in [0.15, 0.2) is 60.7 Å². The van der Waals surface area contributed by atoms with Gasteiger partial charge in [0, 0.05) is 19.6 Å². The number of hydrogen-bond donors (Lipinski definition) is 1. The Balaban J connectivity index is 1.81. The highest BCUT2D eigenvalue weighted by atomic mass is 32.2. The molecule has 7 heteroatoms. The molecule has 0 bridgehead atoms. The minimum absolute atomic E-state index is 0.0324. The van der Waals surface area contributed by atoms with E-state index in [4.69, 9.17) is 0 Å². The third kappa shape index (κ3) is 5.17. The zero-order valence-electron chi connectivity index (χ0n) is 18.6. The highest BCUT2D eigenvalue weighted by Crippen LogP contribution is 2.37. The third-order valence-corrected chi connectivity index (χ3v) is 8.24. The molecular formula is C24H33N3O3S. The lowest BCUT2D eigenvalue weighted by Crippen LogP contribution is -2.53. The maximum absolute atomic E-state index is 13.6. The van der Waals surface area contributed by atoms with Crippen molar-refractivity contribution < 1.29 is 13.2 Å². The van der Waals surface area contributed by atoms with E-state index in [0.717, 1.165) is 11.1 Å². The molecule has 0 radical (unpaired) electrons. The number of hydrogen-bond acceptors (Lipinski definition) is 4. The lowest BCUT2D eigenvalue weighted by atomic mass is 9.72. The van der Waals surface area contributed by atoms with E-state index < -0.39 is 15.4 Å². The molecule has 1 N–H and O–H groups in total. The molecule has 1 heterocycles. The van der Waals surface area contributed by atoms with Crippen molar-refractivity contribution >= 4 is 15.9 Å². The predicted octanol–water partition coefficient (Wildman–Crippen LogP) is 2.79. The molecule has 0 aliphatic carbocycles. The van der Waals surface area contributed by atoms with Gasteiger partial charge in [0.1, 0.15) is 0 Å². The van der Waals surface area contributed by atoms with Gasteiger partial charge in [-0.2, -0.15) is 0 Å². The average molecular weight is 444 g/mol. The molecule has 1 atom stereocenters. The summed E-state index contributed by atoms with van der Waals surface area (Å²) in [5.41, 5.74) is 1.36. The SMILES string of the molecule is CCS(=O)(=O)N1CCC(C(=O)NCC(c2ccccc2)N(C)C)(c2ccccc2)CC1. The van der Waals surface area contributed by atoms with Crippen LogP contribution < -0.4 is 5.32 Å². The fourth-order valence-electron chi connectivity index (χ4n) is 4.37. The van der Waals surface area contributed by atoms with Gasteiger partial charge in [-0.3, -0.25) is 4.79 Å². The third-order valence-electron chi connectivity index (χ3n) is 6.36. The highest BCUT2D eigenvalue weighted by molar-refractivity contribution is 7.89. The number of carbonyl (C=O) groups is 1. The van der Waals surface area contributed by atoms with Crippen LogP contribution in [-0.4, -0.2) is 63.0 Å². The Morgan fingerprint density at radius 2 is 1.58 bits per heavy atom. The second kappa shape index (κ2) is 9.94. The average Bonchev–Trinajstić information content (AvgIpc) is 2.80. The summed E-state index contributed by atoms with van der Waals surface area (Å²) < 4.78 is 26.2. The van der Waals surface area contributed by atoms with Gasteiger partial charge in [-0.25, -0.2) is 12.7 Å². The lowest BCUT2D eigenvalue weighted by Gasteiger charge is -2.41. The Morgan fingerprint density at radius 1 is 1.03 bits per heavy atom. The van der Waals surface area contributed by atoms with E-state index in [1.807, 2.05) is 62.6 Å². The fourth-order valence-corrected chi connectivity index (χ4v) is 5.47. The molecule has 3 rings (SSSR count). The van der Waals surface area contributed by atoms with Crippen molar-refractivity contribution in [2.24, 2.45) is 0 Å². The van der Waals surface area contributed by atoms with Crippen LogP contribution in [0.2, 0.25) is 0 Å². The van der Waals surface area contributed by atoms with Gasteiger partial charge >= 0.3 is 0 Å². The molecule has 1 fully saturated rings. The Morgan fingerprint density at radius 3 is 2.10 bits per heavy atom. The summed E-state index contributed by atoms with van der Waals surface area (Å²) in [5.74, 6) is 0.0501. The van der Waals surface area contributed by atoms with Crippen molar-refractivity contribution in [2.45, 2.75) is 31.2 Å². The predicted molar refractivity (Wildman–Crippen MR) is 124 cm³/mol. The molecule has 6 nitrogen and oxygen atoms in total. The van der Waals surface area contributed by atoms with E-state index >= 15 is 0 Å². The summed E-state index contributed by atoms with van der Waals surface area (Å²) in [6.07, 6.45) is 0.945. The molecule has 1 aliphatic heterocycles. The number of carbonyl (C=O) groups excluding carboxylic acids is 1. The Bertz CT molecular complexity index is 954. The molecule has 0 saturated carbocycles. The van der Waals surface area contributed by atoms with Crippen molar-refractivity contribution in [3.63, 3.8) is 0 Å². The first kappa shape index (κ1) is 23.4. The van der Waals surface area contributed by atoms with Crippen LogP contribution in [0.1, 0.15) is 36.9 Å². The van der Waals surface area contributed by atoms with Gasteiger partial charge in [0.2, 0.25) is 15.9 Å². The molecule has 2 aromatic rings. The topological polar surface area (TPSA) is 69.7 Å². The van der Waals surface area contributed by atoms with Crippen LogP contribution in [0.4, 0.5) is 0 Å². The fraction of sp³-hybridized carbons (Fsp3) is 0.458. The van der Waals surface area contributed by atoms with Crippen molar-refractivity contribution in [1.82, 2.24) is 14.5 Å². The molecule has 0 spiro atoms. The van der Waals surface area contributed by atoms with Gasteiger partial charge in [0.15, 0.2) is 0 Å². The summed E-state index contributed by atoms with van der Waals surface area (Å²) in [6.45, 7) is 2.86. The molecule has 31 heavy (non-hydrogen) atoms. The van der Waals surface area contributed by atoms with Crippen molar-refractivity contribution in [2.75, 3.05) is 39.5 Å². The van der Waals surface area contributed by atoms with Crippen LogP contribution >= 0.6 is 0 Å².